The van der Waals surface area contributed by atoms with Crippen LogP contribution < -0.4 is 5.32 Å². The largest absolute Gasteiger partial charge is 0.479 e. The molecule has 1 rings (SSSR count). The predicted molar refractivity (Wildman–Crippen MR) is 190 cm³/mol. The molecule has 0 saturated carbocycles. The highest BCUT2D eigenvalue weighted by atomic mass is 16.7. The Balaban J connectivity index is 2.46. The first-order valence-electron chi connectivity index (χ1n) is 19.7. The fourth-order valence-electron chi connectivity index (χ4n) is 6.44. The molecular weight excluding hydrogens is 614 g/mol. The lowest BCUT2D eigenvalue weighted by Gasteiger charge is -2.39. The summed E-state index contributed by atoms with van der Waals surface area (Å²) in [5.74, 6) is -1.70. The van der Waals surface area contributed by atoms with Crippen LogP contribution in [0.15, 0.2) is 0 Å². The average Bonchev–Trinajstić information content (AvgIpc) is 3.07. The molecule has 0 aromatic heterocycles. The van der Waals surface area contributed by atoms with E-state index in [-0.39, 0.29) is 12.5 Å². The number of ether oxygens (including phenoxy) is 2. The molecule has 1 saturated heterocycles. The van der Waals surface area contributed by atoms with E-state index in [0.29, 0.717) is 12.8 Å². The number of nitrogens with one attached hydrogen (secondary N) is 1. The maximum atomic E-state index is 12.8. The van der Waals surface area contributed by atoms with Gasteiger partial charge in [-0.25, -0.2) is 4.79 Å². The Labute approximate surface area is 291 Å². The minimum atomic E-state index is -1.82. The summed E-state index contributed by atoms with van der Waals surface area (Å²) in [6.45, 7) is 4.22. The minimum Gasteiger partial charge on any atom is -0.479 e. The lowest BCUT2D eigenvalue weighted by Crippen LogP contribution is -2.61. The minimum absolute atomic E-state index is 0.201. The number of carboxylic acids is 1. The number of aliphatic carboxylic acids is 1. The highest BCUT2D eigenvalue weighted by Gasteiger charge is 2.47. The molecule has 1 fully saturated rings. The Kier molecular flexibility index (Phi) is 27.4. The smallest absolute Gasteiger partial charge is 0.335 e. The average molecular weight is 688 g/mol. The van der Waals surface area contributed by atoms with Crippen molar-refractivity contribution in [3.05, 3.63) is 0 Å². The molecule has 10 nitrogen and oxygen atoms in total. The predicted octanol–water partition coefficient (Wildman–Crippen LogP) is 6.92. The summed E-state index contributed by atoms with van der Waals surface area (Å²) < 4.78 is 10.9. The van der Waals surface area contributed by atoms with Crippen molar-refractivity contribution >= 4 is 11.9 Å². The van der Waals surface area contributed by atoms with Crippen molar-refractivity contribution in [2.75, 3.05) is 6.61 Å². The summed E-state index contributed by atoms with van der Waals surface area (Å²) in [6, 6.07) is -0.800. The van der Waals surface area contributed by atoms with Crippen molar-refractivity contribution in [2.24, 2.45) is 0 Å². The molecule has 0 radical (unpaired) electrons. The van der Waals surface area contributed by atoms with Crippen molar-refractivity contribution < 1.29 is 44.6 Å². The van der Waals surface area contributed by atoms with E-state index in [1.54, 1.807) is 0 Å². The van der Waals surface area contributed by atoms with Gasteiger partial charge in [0, 0.05) is 6.42 Å². The van der Waals surface area contributed by atoms with E-state index >= 15 is 0 Å². The molecule has 10 heteroatoms. The highest BCUT2D eigenvalue weighted by Crippen LogP contribution is 2.23. The first-order valence-corrected chi connectivity index (χ1v) is 19.7. The molecule has 0 bridgehead atoms. The van der Waals surface area contributed by atoms with Gasteiger partial charge in [-0.3, -0.25) is 4.79 Å². The van der Waals surface area contributed by atoms with Crippen molar-refractivity contribution in [1.29, 1.82) is 0 Å². The number of carbonyl (C=O) groups is 2. The van der Waals surface area contributed by atoms with Gasteiger partial charge in [0.25, 0.3) is 0 Å². The summed E-state index contributed by atoms with van der Waals surface area (Å²) in [6.07, 6.45) is 20.1. The van der Waals surface area contributed by atoms with Crippen LogP contribution >= 0.6 is 0 Å². The molecule has 1 amide bonds. The van der Waals surface area contributed by atoms with Crippen molar-refractivity contribution in [2.45, 2.75) is 224 Å². The molecule has 0 unspecified atom stereocenters. The van der Waals surface area contributed by atoms with Crippen LogP contribution in [-0.2, 0) is 19.1 Å². The fourth-order valence-corrected chi connectivity index (χ4v) is 6.44. The zero-order valence-electron chi connectivity index (χ0n) is 30.5. The summed E-state index contributed by atoms with van der Waals surface area (Å²) in [7, 11) is 0. The third kappa shape index (κ3) is 21.0. The van der Waals surface area contributed by atoms with Crippen LogP contribution in [0.1, 0.15) is 181 Å². The van der Waals surface area contributed by atoms with E-state index in [0.717, 1.165) is 38.5 Å². The zero-order chi connectivity index (χ0) is 35.4. The summed E-state index contributed by atoms with van der Waals surface area (Å²) >= 11 is 0. The van der Waals surface area contributed by atoms with Gasteiger partial charge in [0.15, 0.2) is 12.4 Å². The normalized spacial score (nSPS) is 22.4. The molecule has 0 aromatic rings. The van der Waals surface area contributed by atoms with Crippen molar-refractivity contribution in [3.63, 3.8) is 0 Å². The molecule has 7 atom stereocenters. The number of aliphatic hydroxyl groups is 4. The van der Waals surface area contributed by atoms with Crippen molar-refractivity contribution in [3.8, 4) is 0 Å². The quantitative estimate of drug-likeness (QED) is 0.0412. The first kappa shape index (κ1) is 44.7. The second-order valence-corrected chi connectivity index (χ2v) is 14.1. The number of hydrogen-bond donors (Lipinski definition) is 6. The molecule has 6 N–H and O–H groups in total. The maximum absolute atomic E-state index is 12.8. The lowest BCUT2D eigenvalue weighted by molar-refractivity contribution is -0.295. The second kappa shape index (κ2) is 29.4. The van der Waals surface area contributed by atoms with Gasteiger partial charge in [0.05, 0.1) is 18.8 Å². The standard InChI is InChI=1S/C38H73NO9/c1-3-5-7-9-11-13-15-16-18-19-21-23-25-27-31(40)30(29-47-38-35(44)33(42)34(43)36(48-38)37(45)46)39-32(41)28-26-24-22-20-17-14-12-10-8-6-4-2/h30-31,33-36,38,40,42-44H,3-29H2,1-2H3,(H,39,41)(H,45,46)/t30-,31+,33-,34+,35+,36-,38-/m0/s1. The summed E-state index contributed by atoms with van der Waals surface area (Å²) in [5.41, 5.74) is 0. The van der Waals surface area contributed by atoms with Gasteiger partial charge in [-0.1, -0.05) is 162 Å². The van der Waals surface area contributed by atoms with Gasteiger partial charge < -0.3 is 40.3 Å². The van der Waals surface area contributed by atoms with Gasteiger partial charge in [0.1, 0.15) is 18.3 Å². The van der Waals surface area contributed by atoms with Gasteiger partial charge >= 0.3 is 5.97 Å². The number of unbranched alkanes of at least 4 members (excludes halogenated alkanes) is 22. The van der Waals surface area contributed by atoms with Crippen LogP contribution in [0.2, 0.25) is 0 Å². The first-order chi connectivity index (χ1) is 23.2. The third-order valence-corrected chi connectivity index (χ3v) is 9.67. The third-order valence-electron chi connectivity index (χ3n) is 9.67. The van der Waals surface area contributed by atoms with Crippen molar-refractivity contribution in [1.82, 2.24) is 5.32 Å². The number of hydrogen-bond acceptors (Lipinski definition) is 8. The summed E-state index contributed by atoms with van der Waals surface area (Å²) in [5, 5.41) is 53.7. The Morgan fingerprint density at radius 3 is 1.48 bits per heavy atom. The summed E-state index contributed by atoms with van der Waals surface area (Å²) in [4.78, 5) is 24.3. The number of rotatable bonds is 32. The SMILES string of the molecule is CCCCCCCCCCCCCCC[C@@H](O)[C@H](CO[C@H]1O[C@H](C(=O)O)[C@H](O)[C@H](O)[C@H]1O)NC(=O)CCCCCCCCCCCCC. The monoisotopic (exact) mass is 688 g/mol. The van der Waals surface area contributed by atoms with Gasteiger partial charge in [0.2, 0.25) is 5.91 Å². The van der Waals surface area contributed by atoms with Crippen LogP contribution in [0.25, 0.3) is 0 Å². The van der Waals surface area contributed by atoms with Crippen LogP contribution in [-0.4, -0.2) is 86.9 Å². The fraction of sp³-hybridized carbons (Fsp3) is 0.947. The molecule has 48 heavy (non-hydrogen) atoms. The van der Waals surface area contributed by atoms with Crippen LogP contribution in [0.3, 0.4) is 0 Å². The van der Waals surface area contributed by atoms with Gasteiger partial charge in [-0.05, 0) is 12.8 Å². The molecule has 0 spiro atoms. The zero-order valence-corrected chi connectivity index (χ0v) is 30.5. The topological polar surface area (TPSA) is 166 Å². The van der Waals surface area contributed by atoms with Gasteiger partial charge in [-0.2, -0.15) is 0 Å². The maximum Gasteiger partial charge on any atom is 0.335 e. The molecule has 0 aromatic carbocycles. The van der Waals surface area contributed by atoms with E-state index in [1.807, 2.05) is 0 Å². The van der Waals surface area contributed by atoms with Crippen LogP contribution in [0, 0.1) is 0 Å². The molecule has 1 heterocycles. The molecule has 1 aliphatic rings. The highest BCUT2D eigenvalue weighted by molar-refractivity contribution is 5.76. The van der Waals surface area contributed by atoms with E-state index in [9.17, 15) is 35.1 Å². The molecule has 0 aliphatic carbocycles. The number of carbonyl (C=O) groups excluding carboxylic acids is 1. The molecule has 1 aliphatic heterocycles. The van der Waals surface area contributed by atoms with Crippen LogP contribution in [0.4, 0.5) is 0 Å². The van der Waals surface area contributed by atoms with Gasteiger partial charge in [-0.15, -0.1) is 0 Å². The molecule has 284 valence electrons. The Hall–Kier alpha value is -1.30. The Morgan fingerprint density at radius 1 is 0.625 bits per heavy atom. The van der Waals surface area contributed by atoms with E-state index in [2.05, 4.69) is 19.2 Å². The van der Waals surface area contributed by atoms with Crippen LogP contribution in [0.5, 0.6) is 0 Å². The Bertz CT molecular complexity index is 785. The van der Waals surface area contributed by atoms with E-state index < -0.39 is 48.8 Å². The van der Waals surface area contributed by atoms with E-state index in [1.165, 1.54) is 116 Å². The number of aliphatic hydroxyl groups excluding tert-OH is 4. The Morgan fingerprint density at radius 2 is 1.04 bits per heavy atom. The second-order valence-electron chi connectivity index (χ2n) is 14.1. The number of carboxylic acid groups (broad SMARTS) is 1. The van der Waals surface area contributed by atoms with E-state index in [4.69, 9.17) is 9.47 Å². The molecular formula is C38H73NO9. The number of amides is 1. The lowest BCUT2D eigenvalue weighted by atomic mass is 9.99.